The lowest BCUT2D eigenvalue weighted by Gasteiger charge is -2.18. The molecule has 1 unspecified atom stereocenters. The Morgan fingerprint density at radius 3 is 2.86 bits per heavy atom. The fourth-order valence-corrected chi connectivity index (χ4v) is 3.04. The molecular formula is C15H12N2O4S. The van der Waals surface area contributed by atoms with E-state index in [2.05, 4.69) is 5.10 Å². The Bertz CT molecular complexity index is 732. The van der Waals surface area contributed by atoms with Crippen molar-refractivity contribution in [3.8, 4) is 0 Å². The predicted octanol–water partition coefficient (Wildman–Crippen LogP) is 2.66. The first kappa shape index (κ1) is 14.3. The van der Waals surface area contributed by atoms with Crippen molar-refractivity contribution in [3.05, 3.63) is 58.7 Å². The first-order chi connectivity index (χ1) is 10.6. The van der Waals surface area contributed by atoms with Crippen molar-refractivity contribution in [2.24, 2.45) is 5.10 Å². The van der Waals surface area contributed by atoms with Crippen LogP contribution in [0.1, 0.15) is 23.1 Å². The zero-order valence-corrected chi connectivity index (χ0v) is 12.2. The van der Waals surface area contributed by atoms with Gasteiger partial charge in [0, 0.05) is 23.5 Å². The zero-order chi connectivity index (χ0) is 15.5. The van der Waals surface area contributed by atoms with Gasteiger partial charge in [-0.3, -0.25) is 4.79 Å². The molecule has 1 amide bonds. The summed E-state index contributed by atoms with van der Waals surface area (Å²) in [6.07, 6.45) is 3.90. The summed E-state index contributed by atoms with van der Waals surface area (Å²) >= 11 is 1.53. The molecule has 112 valence electrons. The Morgan fingerprint density at radius 1 is 1.36 bits per heavy atom. The maximum atomic E-state index is 12.2. The molecule has 2 aromatic rings. The third-order valence-electron chi connectivity index (χ3n) is 3.18. The Kier molecular flexibility index (Phi) is 3.88. The Hall–Kier alpha value is -2.67. The molecule has 7 heteroatoms. The van der Waals surface area contributed by atoms with Gasteiger partial charge in [-0.2, -0.15) is 5.10 Å². The van der Waals surface area contributed by atoms with E-state index in [-0.39, 0.29) is 6.04 Å². The first-order valence-electron chi connectivity index (χ1n) is 6.54. The second-order valence-electron chi connectivity index (χ2n) is 4.61. The summed E-state index contributed by atoms with van der Waals surface area (Å²) in [5.41, 5.74) is 0.667. The van der Waals surface area contributed by atoms with Crippen LogP contribution in [-0.2, 0) is 9.59 Å². The number of carbonyl (C=O) groups is 2. The fraction of sp³-hybridized carbons (Fsp3) is 0.133. The number of aliphatic carboxylic acids is 1. The number of thiophene rings is 1. The van der Waals surface area contributed by atoms with Crippen molar-refractivity contribution in [3.63, 3.8) is 0 Å². The molecule has 0 fully saturated rings. The van der Waals surface area contributed by atoms with E-state index in [0.717, 1.165) is 17.0 Å². The van der Waals surface area contributed by atoms with Crippen molar-refractivity contribution in [2.75, 3.05) is 0 Å². The van der Waals surface area contributed by atoms with Crippen LogP contribution in [0, 0.1) is 0 Å². The number of carboxylic acid groups (broad SMARTS) is 1. The summed E-state index contributed by atoms with van der Waals surface area (Å²) in [7, 11) is 0. The summed E-state index contributed by atoms with van der Waals surface area (Å²) in [5, 5.41) is 16.2. The second kappa shape index (κ2) is 5.98. The number of carboxylic acids is 1. The molecule has 1 atom stereocenters. The molecule has 0 radical (unpaired) electrons. The highest BCUT2D eigenvalue weighted by atomic mass is 32.1. The SMILES string of the molecule is O=C(O)/C=C\C(=O)N1N=C(c2ccco2)CC1c1cccs1. The normalized spacial score (nSPS) is 17.9. The second-order valence-corrected chi connectivity index (χ2v) is 5.59. The number of furan rings is 1. The van der Waals surface area contributed by atoms with Gasteiger partial charge in [-0.25, -0.2) is 9.80 Å². The number of amides is 1. The molecule has 0 bridgehead atoms. The zero-order valence-electron chi connectivity index (χ0n) is 11.4. The molecule has 0 aliphatic carbocycles. The molecule has 22 heavy (non-hydrogen) atoms. The number of rotatable bonds is 4. The quantitative estimate of drug-likeness (QED) is 0.879. The largest absolute Gasteiger partial charge is 0.478 e. The highest BCUT2D eigenvalue weighted by molar-refractivity contribution is 7.10. The van der Waals surface area contributed by atoms with Crippen LogP contribution < -0.4 is 0 Å². The van der Waals surface area contributed by atoms with E-state index in [0.29, 0.717) is 17.9 Å². The van der Waals surface area contributed by atoms with Gasteiger partial charge in [0.1, 0.15) is 11.5 Å². The molecule has 0 saturated heterocycles. The van der Waals surface area contributed by atoms with Gasteiger partial charge in [0.15, 0.2) is 0 Å². The van der Waals surface area contributed by atoms with E-state index >= 15 is 0 Å². The van der Waals surface area contributed by atoms with E-state index < -0.39 is 11.9 Å². The summed E-state index contributed by atoms with van der Waals surface area (Å²) in [6.45, 7) is 0. The highest BCUT2D eigenvalue weighted by Crippen LogP contribution is 2.35. The van der Waals surface area contributed by atoms with Crippen LogP contribution in [0.5, 0.6) is 0 Å². The maximum Gasteiger partial charge on any atom is 0.328 e. The number of hydrogen-bond acceptors (Lipinski definition) is 5. The lowest BCUT2D eigenvalue weighted by atomic mass is 10.1. The maximum absolute atomic E-state index is 12.2. The Balaban J connectivity index is 1.90. The van der Waals surface area contributed by atoms with Gasteiger partial charge < -0.3 is 9.52 Å². The minimum Gasteiger partial charge on any atom is -0.478 e. The molecular weight excluding hydrogens is 304 g/mol. The van der Waals surface area contributed by atoms with E-state index in [1.54, 1.807) is 18.4 Å². The molecule has 0 spiro atoms. The van der Waals surface area contributed by atoms with Gasteiger partial charge in [-0.1, -0.05) is 6.07 Å². The Labute approximate surface area is 130 Å². The number of carbonyl (C=O) groups excluding carboxylic acids is 1. The van der Waals surface area contributed by atoms with E-state index in [4.69, 9.17) is 9.52 Å². The topological polar surface area (TPSA) is 83.1 Å². The summed E-state index contributed by atoms with van der Waals surface area (Å²) in [4.78, 5) is 23.8. The van der Waals surface area contributed by atoms with E-state index in [1.807, 2.05) is 17.5 Å². The molecule has 2 aromatic heterocycles. The smallest absolute Gasteiger partial charge is 0.328 e. The summed E-state index contributed by atoms with van der Waals surface area (Å²) in [6, 6.07) is 7.13. The minimum atomic E-state index is -1.17. The molecule has 3 heterocycles. The highest BCUT2D eigenvalue weighted by Gasteiger charge is 2.33. The average Bonchev–Trinajstić information content (AvgIpc) is 3.23. The lowest BCUT2D eigenvalue weighted by Crippen LogP contribution is -2.24. The lowest BCUT2D eigenvalue weighted by molar-refractivity contribution is -0.132. The summed E-state index contributed by atoms with van der Waals surface area (Å²) in [5.74, 6) is -1.03. The van der Waals surface area contributed by atoms with Crippen molar-refractivity contribution in [2.45, 2.75) is 12.5 Å². The van der Waals surface area contributed by atoms with Crippen molar-refractivity contribution in [1.29, 1.82) is 0 Å². The van der Waals surface area contributed by atoms with Crippen LogP contribution in [-0.4, -0.2) is 27.7 Å². The molecule has 1 aliphatic heterocycles. The van der Waals surface area contributed by atoms with Crippen molar-refractivity contribution in [1.82, 2.24) is 5.01 Å². The van der Waals surface area contributed by atoms with Crippen LogP contribution in [0.2, 0.25) is 0 Å². The standard InChI is InChI=1S/C15H12N2O4S/c18-14(5-6-15(19)20)17-11(13-4-2-8-22-13)9-10(16-17)12-3-1-7-21-12/h1-8,11H,9H2,(H,19,20)/b6-5-. The van der Waals surface area contributed by atoms with E-state index in [9.17, 15) is 9.59 Å². The first-order valence-corrected chi connectivity index (χ1v) is 7.42. The molecule has 6 nitrogen and oxygen atoms in total. The third kappa shape index (κ3) is 2.84. The number of hydrazone groups is 1. The van der Waals surface area contributed by atoms with Gasteiger partial charge in [0.05, 0.1) is 12.3 Å². The van der Waals surface area contributed by atoms with Crippen molar-refractivity contribution >= 4 is 28.9 Å². The van der Waals surface area contributed by atoms with Gasteiger partial charge >= 0.3 is 5.97 Å². The van der Waals surface area contributed by atoms with Crippen LogP contribution in [0.3, 0.4) is 0 Å². The predicted molar refractivity (Wildman–Crippen MR) is 80.5 cm³/mol. The van der Waals surface area contributed by atoms with E-state index in [1.165, 1.54) is 16.3 Å². The van der Waals surface area contributed by atoms with Crippen LogP contribution in [0.4, 0.5) is 0 Å². The number of nitrogens with zero attached hydrogens (tertiary/aromatic N) is 2. The Morgan fingerprint density at radius 2 is 2.23 bits per heavy atom. The van der Waals surface area contributed by atoms with Gasteiger partial charge in [0.2, 0.25) is 0 Å². The molecule has 1 N–H and O–H groups in total. The minimum absolute atomic E-state index is 0.244. The van der Waals surface area contributed by atoms with Gasteiger partial charge in [-0.05, 0) is 23.6 Å². The third-order valence-corrected chi connectivity index (χ3v) is 4.16. The molecule has 3 rings (SSSR count). The van der Waals surface area contributed by atoms with Gasteiger partial charge in [-0.15, -0.1) is 11.3 Å². The van der Waals surface area contributed by atoms with Crippen LogP contribution in [0.15, 0.2) is 57.6 Å². The monoisotopic (exact) mass is 316 g/mol. The molecule has 0 saturated carbocycles. The fourth-order valence-electron chi connectivity index (χ4n) is 2.23. The van der Waals surface area contributed by atoms with Crippen LogP contribution in [0.25, 0.3) is 0 Å². The van der Waals surface area contributed by atoms with Crippen LogP contribution >= 0.6 is 11.3 Å². The molecule has 1 aliphatic rings. The molecule has 0 aromatic carbocycles. The van der Waals surface area contributed by atoms with Gasteiger partial charge in [0.25, 0.3) is 5.91 Å². The van der Waals surface area contributed by atoms with Crippen molar-refractivity contribution < 1.29 is 19.1 Å². The average molecular weight is 316 g/mol. The number of hydrogen-bond donors (Lipinski definition) is 1. The summed E-state index contributed by atoms with van der Waals surface area (Å²) < 4.78 is 5.33.